The summed E-state index contributed by atoms with van der Waals surface area (Å²) < 4.78 is 31.2. The van der Waals surface area contributed by atoms with Gasteiger partial charge in [0.25, 0.3) is 0 Å². The molecule has 1 N–H and O–H groups in total. The lowest BCUT2D eigenvalue weighted by Gasteiger charge is -2.22. The van der Waals surface area contributed by atoms with Gasteiger partial charge in [-0.3, -0.25) is 0 Å². The van der Waals surface area contributed by atoms with Gasteiger partial charge in [-0.1, -0.05) is 12.1 Å². The highest BCUT2D eigenvalue weighted by Gasteiger charge is 2.29. The number of rotatable bonds is 5. The Kier molecular flexibility index (Phi) is 4.97. The van der Waals surface area contributed by atoms with Crippen molar-refractivity contribution in [2.24, 2.45) is 0 Å². The average molecular weight is 312 g/mol. The van der Waals surface area contributed by atoms with Crippen LogP contribution in [0, 0.1) is 0 Å². The molecule has 0 aliphatic carbocycles. The van der Waals surface area contributed by atoms with Crippen molar-refractivity contribution in [2.75, 3.05) is 27.2 Å². The van der Waals surface area contributed by atoms with Gasteiger partial charge in [0.05, 0.1) is 17.6 Å². The Morgan fingerprint density at radius 2 is 2.14 bits per heavy atom. The lowest BCUT2D eigenvalue weighted by molar-refractivity contribution is 0.0596. The molecule has 6 nitrogen and oxygen atoms in total. The number of carbonyl (C=O) groups excluding carboxylic acids is 1. The summed E-state index contributed by atoms with van der Waals surface area (Å²) in [4.78, 5) is 11.7. The zero-order chi connectivity index (χ0) is 15.5. The summed E-state index contributed by atoms with van der Waals surface area (Å²) in [5.74, 6) is -0.651. The molecule has 1 aromatic rings. The van der Waals surface area contributed by atoms with E-state index in [1.54, 1.807) is 12.1 Å². The molecule has 0 radical (unpaired) electrons. The van der Waals surface area contributed by atoms with Crippen molar-refractivity contribution in [1.82, 2.24) is 9.62 Å². The third-order valence-corrected chi connectivity index (χ3v) is 5.50. The van der Waals surface area contributed by atoms with Gasteiger partial charge in [-0.25, -0.2) is 13.2 Å². The van der Waals surface area contributed by atoms with Crippen LogP contribution in [0.2, 0.25) is 0 Å². The molecule has 0 amide bonds. The first kappa shape index (κ1) is 15.9. The van der Waals surface area contributed by atoms with Crippen LogP contribution in [0.3, 0.4) is 0 Å². The second-order valence-corrected chi connectivity index (χ2v) is 7.08. The number of methoxy groups -OCH3 is 1. The fourth-order valence-electron chi connectivity index (χ4n) is 2.46. The molecule has 0 aromatic heterocycles. The molecule has 1 heterocycles. The molecule has 1 unspecified atom stereocenters. The molecule has 0 spiro atoms. The Balaban J connectivity index is 2.28. The number of benzene rings is 1. The van der Waals surface area contributed by atoms with Gasteiger partial charge in [-0.15, -0.1) is 0 Å². The molecule has 7 heteroatoms. The van der Waals surface area contributed by atoms with Crippen LogP contribution in [-0.4, -0.2) is 52.0 Å². The molecule has 116 valence electrons. The predicted octanol–water partition coefficient (Wildman–Crippen LogP) is 0.846. The summed E-state index contributed by atoms with van der Waals surface area (Å²) in [5, 5.41) is 3.26. The van der Waals surface area contributed by atoms with E-state index in [1.165, 1.54) is 30.6 Å². The number of ether oxygens (including phenoxy) is 1. The minimum atomic E-state index is -3.72. The first-order valence-electron chi connectivity index (χ1n) is 6.84. The number of nitrogens with zero attached hydrogens (tertiary/aromatic N) is 1. The Morgan fingerprint density at radius 3 is 2.76 bits per heavy atom. The van der Waals surface area contributed by atoms with Crippen LogP contribution < -0.4 is 5.32 Å². The van der Waals surface area contributed by atoms with E-state index in [1.807, 2.05) is 0 Å². The van der Waals surface area contributed by atoms with Crippen molar-refractivity contribution in [3.05, 3.63) is 29.8 Å². The van der Waals surface area contributed by atoms with Gasteiger partial charge in [-0.05, 0) is 31.5 Å². The van der Waals surface area contributed by atoms with E-state index in [2.05, 4.69) is 10.1 Å². The molecule has 1 saturated heterocycles. The standard InChI is InChI=1S/C14H20N2O4S/c1-16(10-11-6-5-9-15-11)21(18,19)13-8-4-3-7-12(13)14(17)20-2/h3-4,7-8,11,15H,5-6,9-10H2,1-2H3. The molecule has 0 saturated carbocycles. The molecule has 1 aromatic carbocycles. The Labute approximate surface area is 125 Å². The van der Waals surface area contributed by atoms with Crippen molar-refractivity contribution >= 4 is 16.0 Å². The first-order valence-corrected chi connectivity index (χ1v) is 8.28. The maximum atomic E-state index is 12.7. The lowest BCUT2D eigenvalue weighted by atomic mass is 10.2. The van der Waals surface area contributed by atoms with E-state index < -0.39 is 16.0 Å². The zero-order valence-electron chi connectivity index (χ0n) is 12.2. The first-order chi connectivity index (χ1) is 9.96. The molecule has 1 atom stereocenters. The van der Waals surface area contributed by atoms with Gasteiger partial charge < -0.3 is 10.1 Å². The van der Waals surface area contributed by atoms with Crippen LogP contribution in [0.1, 0.15) is 23.2 Å². The summed E-state index contributed by atoms with van der Waals surface area (Å²) in [7, 11) is -0.955. The number of nitrogens with one attached hydrogen (secondary N) is 1. The average Bonchev–Trinajstić information content (AvgIpc) is 2.99. The number of sulfonamides is 1. The third-order valence-electron chi connectivity index (χ3n) is 3.62. The van der Waals surface area contributed by atoms with Crippen molar-refractivity contribution in [3.63, 3.8) is 0 Å². The molecule has 21 heavy (non-hydrogen) atoms. The van der Waals surface area contributed by atoms with E-state index in [9.17, 15) is 13.2 Å². The highest BCUT2D eigenvalue weighted by molar-refractivity contribution is 7.89. The Bertz CT molecular complexity index is 609. The second-order valence-electron chi connectivity index (χ2n) is 5.07. The highest BCUT2D eigenvalue weighted by Crippen LogP contribution is 2.21. The van der Waals surface area contributed by atoms with Crippen molar-refractivity contribution < 1.29 is 17.9 Å². The quantitative estimate of drug-likeness (QED) is 0.816. The molecular weight excluding hydrogens is 292 g/mol. The van der Waals surface area contributed by atoms with Crippen molar-refractivity contribution in [2.45, 2.75) is 23.8 Å². The van der Waals surface area contributed by atoms with E-state index in [4.69, 9.17) is 0 Å². The predicted molar refractivity (Wildman–Crippen MR) is 78.6 cm³/mol. The van der Waals surface area contributed by atoms with Gasteiger partial charge in [0, 0.05) is 19.6 Å². The molecule has 1 aliphatic heterocycles. The monoisotopic (exact) mass is 312 g/mol. The maximum absolute atomic E-state index is 12.7. The fourth-order valence-corrected chi connectivity index (χ4v) is 3.85. The molecule has 1 aliphatic rings. The third kappa shape index (κ3) is 3.42. The minimum absolute atomic E-state index is 0.0163. The second kappa shape index (κ2) is 6.55. The van der Waals surface area contributed by atoms with Crippen LogP contribution in [0.5, 0.6) is 0 Å². The number of likely N-dealkylation sites (N-methyl/N-ethyl adjacent to an activating group) is 1. The Hall–Kier alpha value is -1.44. The zero-order valence-corrected chi connectivity index (χ0v) is 13.0. The summed E-state index contributed by atoms with van der Waals surface area (Å²) >= 11 is 0. The number of carbonyl (C=O) groups is 1. The maximum Gasteiger partial charge on any atom is 0.339 e. The van der Waals surface area contributed by atoms with E-state index in [-0.39, 0.29) is 16.5 Å². The smallest absolute Gasteiger partial charge is 0.339 e. The van der Waals surface area contributed by atoms with Gasteiger partial charge in [0.1, 0.15) is 0 Å². The summed E-state index contributed by atoms with van der Waals surface area (Å²) in [6.45, 7) is 1.30. The largest absolute Gasteiger partial charge is 0.465 e. The topological polar surface area (TPSA) is 75.7 Å². The molecule has 1 fully saturated rings. The minimum Gasteiger partial charge on any atom is -0.465 e. The fraction of sp³-hybridized carbons (Fsp3) is 0.500. The molecule has 0 bridgehead atoms. The molecule has 2 rings (SSSR count). The van der Waals surface area contributed by atoms with Crippen LogP contribution in [-0.2, 0) is 14.8 Å². The normalized spacial score (nSPS) is 18.9. The van der Waals surface area contributed by atoms with Crippen molar-refractivity contribution in [1.29, 1.82) is 0 Å². The van der Waals surface area contributed by atoms with Crippen molar-refractivity contribution in [3.8, 4) is 0 Å². The number of esters is 1. The van der Waals surface area contributed by atoms with Gasteiger partial charge in [0.2, 0.25) is 10.0 Å². The van der Waals surface area contributed by atoms with Crippen LogP contribution >= 0.6 is 0 Å². The van der Waals surface area contributed by atoms with Gasteiger partial charge in [0.15, 0.2) is 0 Å². The summed E-state index contributed by atoms with van der Waals surface area (Å²) in [6.07, 6.45) is 2.01. The lowest BCUT2D eigenvalue weighted by Crippen LogP contribution is -2.39. The number of hydrogen-bond acceptors (Lipinski definition) is 5. The van der Waals surface area contributed by atoms with Crippen LogP contribution in [0.15, 0.2) is 29.2 Å². The van der Waals surface area contributed by atoms with E-state index in [0.29, 0.717) is 6.54 Å². The van der Waals surface area contributed by atoms with E-state index >= 15 is 0 Å². The highest BCUT2D eigenvalue weighted by atomic mass is 32.2. The number of hydrogen-bond donors (Lipinski definition) is 1. The Morgan fingerprint density at radius 1 is 1.43 bits per heavy atom. The van der Waals surface area contributed by atoms with Crippen LogP contribution in [0.4, 0.5) is 0 Å². The van der Waals surface area contributed by atoms with E-state index in [0.717, 1.165) is 19.4 Å². The summed E-state index contributed by atoms with van der Waals surface area (Å²) in [6, 6.07) is 6.26. The van der Waals surface area contributed by atoms with Gasteiger partial charge in [-0.2, -0.15) is 4.31 Å². The van der Waals surface area contributed by atoms with Crippen LogP contribution in [0.25, 0.3) is 0 Å². The SMILES string of the molecule is COC(=O)c1ccccc1S(=O)(=O)N(C)CC1CCCN1. The molecular formula is C14H20N2O4S. The summed E-state index contributed by atoms with van der Waals surface area (Å²) in [5.41, 5.74) is 0.0613. The van der Waals surface area contributed by atoms with Gasteiger partial charge >= 0.3 is 5.97 Å².